The van der Waals surface area contributed by atoms with Gasteiger partial charge in [0.1, 0.15) is 24.1 Å². The first-order chi connectivity index (χ1) is 10.2. The van der Waals surface area contributed by atoms with Gasteiger partial charge in [0, 0.05) is 0 Å². The summed E-state index contributed by atoms with van der Waals surface area (Å²) in [5.41, 5.74) is -1.25. The molecule has 1 saturated heterocycles. The van der Waals surface area contributed by atoms with E-state index >= 15 is 0 Å². The lowest BCUT2D eigenvalue weighted by Gasteiger charge is -2.37. The molecular formula is C11H12F5N3O3. The fourth-order valence-corrected chi connectivity index (χ4v) is 1.96. The van der Waals surface area contributed by atoms with Gasteiger partial charge in [0.05, 0.1) is 25.0 Å². The van der Waals surface area contributed by atoms with Gasteiger partial charge < -0.3 is 20.3 Å². The number of aliphatic hydroxyl groups excluding tert-OH is 2. The summed E-state index contributed by atoms with van der Waals surface area (Å²) in [5.74, 6) is -0.329. The highest BCUT2D eigenvalue weighted by atomic mass is 19.4. The molecule has 1 aliphatic heterocycles. The largest absolute Gasteiger partial charge is 0.434 e. The van der Waals surface area contributed by atoms with Gasteiger partial charge in [0.15, 0.2) is 5.69 Å². The van der Waals surface area contributed by atoms with E-state index in [0.717, 1.165) is 6.20 Å². The second-order valence-electron chi connectivity index (χ2n) is 4.65. The number of nitrogens with zero attached hydrogens (tertiary/aromatic N) is 2. The molecule has 2 rings (SSSR count). The minimum absolute atomic E-state index is 0.329. The highest BCUT2D eigenvalue weighted by Crippen LogP contribution is 2.28. The molecular weight excluding hydrogens is 317 g/mol. The quantitative estimate of drug-likeness (QED) is 0.706. The number of hydrogen-bond acceptors (Lipinski definition) is 6. The number of nitrogens with one attached hydrogen (secondary N) is 1. The summed E-state index contributed by atoms with van der Waals surface area (Å²) in [5, 5.41) is 21.7. The number of aliphatic hydroxyl groups is 2. The minimum Gasteiger partial charge on any atom is -0.388 e. The Labute approximate surface area is 120 Å². The number of ether oxygens (including phenoxy) is 1. The van der Waals surface area contributed by atoms with E-state index in [1.165, 1.54) is 0 Å². The zero-order valence-electron chi connectivity index (χ0n) is 10.8. The van der Waals surface area contributed by atoms with Gasteiger partial charge in [-0.3, -0.25) is 4.98 Å². The van der Waals surface area contributed by atoms with Gasteiger partial charge in [-0.05, 0) is 0 Å². The lowest BCUT2D eigenvalue weighted by Crippen LogP contribution is -2.57. The van der Waals surface area contributed by atoms with Gasteiger partial charge in [-0.15, -0.1) is 0 Å². The molecule has 4 atom stereocenters. The van der Waals surface area contributed by atoms with E-state index < -0.39 is 49.3 Å². The van der Waals surface area contributed by atoms with Crippen molar-refractivity contribution < 1.29 is 36.9 Å². The molecule has 0 bridgehead atoms. The number of anilines is 1. The maximum atomic E-state index is 12.5. The molecule has 1 aromatic heterocycles. The summed E-state index contributed by atoms with van der Waals surface area (Å²) in [6.07, 6.45) is -11.6. The molecule has 1 fully saturated rings. The number of rotatable bonds is 3. The SMILES string of the molecule is O[C@@H]1[C@H](O)[C@@H](Nc2cncc(C(F)(F)F)n2)CO[C@@H]1C(F)F. The van der Waals surface area contributed by atoms with Gasteiger partial charge in [0.2, 0.25) is 0 Å². The van der Waals surface area contributed by atoms with E-state index in [1.54, 1.807) is 0 Å². The lowest BCUT2D eigenvalue weighted by atomic mass is 9.98. The molecule has 2 heterocycles. The van der Waals surface area contributed by atoms with Crippen molar-refractivity contribution in [2.45, 2.75) is 37.0 Å². The van der Waals surface area contributed by atoms with Crippen molar-refractivity contribution in [3.05, 3.63) is 18.1 Å². The van der Waals surface area contributed by atoms with Crippen molar-refractivity contribution >= 4 is 5.82 Å². The molecule has 0 amide bonds. The predicted octanol–water partition coefficient (Wildman–Crippen LogP) is 0.662. The Balaban J connectivity index is 2.09. The molecule has 3 N–H and O–H groups in total. The first kappa shape index (κ1) is 16.8. The van der Waals surface area contributed by atoms with Crippen LogP contribution >= 0.6 is 0 Å². The maximum Gasteiger partial charge on any atom is 0.434 e. The van der Waals surface area contributed by atoms with E-state index in [0.29, 0.717) is 6.20 Å². The Morgan fingerprint density at radius 1 is 1.23 bits per heavy atom. The highest BCUT2D eigenvalue weighted by Gasteiger charge is 2.43. The normalized spacial score (nSPS) is 29.6. The van der Waals surface area contributed by atoms with Crippen molar-refractivity contribution in [2.24, 2.45) is 0 Å². The average molecular weight is 329 g/mol. The zero-order valence-corrected chi connectivity index (χ0v) is 10.8. The summed E-state index contributed by atoms with van der Waals surface area (Å²) in [6.45, 7) is -0.439. The molecule has 0 aliphatic carbocycles. The molecule has 1 aliphatic rings. The molecule has 0 unspecified atom stereocenters. The standard InChI is InChI=1S/C11H12F5N3O3/c12-10(13)9-8(21)7(20)4(3-22-9)18-6-2-17-1-5(19-6)11(14,15)16/h1-2,4,7-10,20-21H,3H2,(H,18,19)/t4-,7+,8+,9-/m0/s1. The number of halogens is 5. The van der Waals surface area contributed by atoms with E-state index in [-0.39, 0.29) is 5.82 Å². The van der Waals surface area contributed by atoms with Crippen LogP contribution in [0.5, 0.6) is 0 Å². The first-order valence-corrected chi connectivity index (χ1v) is 6.12. The molecule has 6 nitrogen and oxygen atoms in total. The fourth-order valence-electron chi connectivity index (χ4n) is 1.96. The van der Waals surface area contributed by atoms with Crippen molar-refractivity contribution in [3.8, 4) is 0 Å². The van der Waals surface area contributed by atoms with Crippen molar-refractivity contribution in [3.63, 3.8) is 0 Å². The predicted molar refractivity (Wildman–Crippen MR) is 62.2 cm³/mol. The summed E-state index contributed by atoms with van der Waals surface area (Å²) >= 11 is 0. The van der Waals surface area contributed by atoms with Crippen molar-refractivity contribution in [2.75, 3.05) is 11.9 Å². The topological polar surface area (TPSA) is 87.5 Å². The molecule has 0 spiro atoms. The van der Waals surface area contributed by atoms with Crippen LogP contribution in [0.1, 0.15) is 5.69 Å². The van der Waals surface area contributed by atoms with Gasteiger partial charge in [0.25, 0.3) is 6.43 Å². The summed E-state index contributed by atoms with van der Waals surface area (Å²) in [7, 11) is 0. The minimum atomic E-state index is -4.70. The van der Waals surface area contributed by atoms with E-state index in [9.17, 15) is 32.2 Å². The van der Waals surface area contributed by atoms with E-state index in [1.807, 2.05) is 0 Å². The second kappa shape index (κ2) is 6.26. The first-order valence-electron chi connectivity index (χ1n) is 6.12. The smallest absolute Gasteiger partial charge is 0.388 e. The Morgan fingerprint density at radius 2 is 1.91 bits per heavy atom. The fraction of sp³-hybridized carbons (Fsp3) is 0.636. The maximum absolute atomic E-state index is 12.5. The van der Waals surface area contributed by atoms with Gasteiger partial charge >= 0.3 is 6.18 Å². The monoisotopic (exact) mass is 329 g/mol. The van der Waals surface area contributed by atoms with Crippen LogP contribution in [0.15, 0.2) is 12.4 Å². The van der Waals surface area contributed by atoms with Crippen LogP contribution in [-0.2, 0) is 10.9 Å². The highest BCUT2D eigenvalue weighted by molar-refractivity contribution is 5.34. The Hall–Kier alpha value is -1.59. The molecule has 0 radical (unpaired) electrons. The molecule has 0 saturated carbocycles. The summed E-state index contributed by atoms with van der Waals surface area (Å²) in [6, 6.07) is -1.11. The Kier molecular flexibility index (Phi) is 4.78. The Morgan fingerprint density at radius 3 is 2.50 bits per heavy atom. The third kappa shape index (κ3) is 3.59. The van der Waals surface area contributed by atoms with Crippen LogP contribution in [0.4, 0.5) is 27.8 Å². The number of aromatic nitrogens is 2. The van der Waals surface area contributed by atoms with Crippen LogP contribution in [0.2, 0.25) is 0 Å². The summed E-state index contributed by atoms with van der Waals surface area (Å²) in [4.78, 5) is 6.61. The van der Waals surface area contributed by atoms with Crippen LogP contribution in [0.25, 0.3) is 0 Å². The van der Waals surface area contributed by atoms with E-state index in [2.05, 4.69) is 15.3 Å². The van der Waals surface area contributed by atoms with Gasteiger partial charge in [-0.1, -0.05) is 0 Å². The van der Waals surface area contributed by atoms with Crippen LogP contribution in [0, 0.1) is 0 Å². The average Bonchev–Trinajstić information content (AvgIpc) is 2.43. The lowest BCUT2D eigenvalue weighted by molar-refractivity contribution is -0.183. The third-order valence-electron chi connectivity index (χ3n) is 3.07. The molecule has 0 aromatic carbocycles. The third-order valence-corrected chi connectivity index (χ3v) is 3.07. The zero-order chi connectivity index (χ0) is 16.5. The van der Waals surface area contributed by atoms with E-state index in [4.69, 9.17) is 4.74 Å². The molecule has 11 heteroatoms. The second-order valence-corrected chi connectivity index (χ2v) is 4.65. The van der Waals surface area contributed by atoms with Crippen LogP contribution in [0.3, 0.4) is 0 Å². The van der Waals surface area contributed by atoms with Crippen molar-refractivity contribution in [1.82, 2.24) is 9.97 Å². The van der Waals surface area contributed by atoms with Gasteiger partial charge in [-0.25, -0.2) is 13.8 Å². The number of hydrogen-bond donors (Lipinski definition) is 3. The molecule has 22 heavy (non-hydrogen) atoms. The number of alkyl halides is 5. The van der Waals surface area contributed by atoms with Crippen LogP contribution in [-0.4, -0.2) is 57.6 Å². The van der Waals surface area contributed by atoms with Crippen molar-refractivity contribution in [1.29, 1.82) is 0 Å². The Bertz CT molecular complexity index is 516. The molecule has 1 aromatic rings. The summed E-state index contributed by atoms with van der Waals surface area (Å²) < 4.78 is 67.2. The molecule has 124 valence electrons. The van der Waals surface area contributed by atoms with Crippen LogP contribution < -0.4 is 5.32 Å². The van der Waals surface area contributed by atoms with Gasteiger partial charge in [-0.2, -0.15) is 13.2 Å².